The largest absolute Gasteiger partial charge is 0.479 e. The fourth-order valence-corrected chi connectivity index (χ4v) is 16.5. The van der Waals surface area contributed by atoms with Crippen LogP contribution in [0.2, 0.25) is 0 Å². The predicted octanol–water partition coefficient (Wildman–Crippen LogP) is 12.7. The molecule has 0 bridgehead atoms. The third kappa shape index (κ3) is 22.7. The Kier molecular flexibility index (Phi) is 31.6. The number of nitrogens with zero attached hydrogens (tertiary/aromatic N) is 8. The molecule has 12 N–H and O–H groups in total. The number of ketones is 4. The lowest BCUT2D eigenvalue weighted by Crippen LogP contribution is -2.24. The lowest BCUT2D eigenvalue weighted by atomic mass is 9.94. The van der Waals surface area contributed by atoms with Gasteiger partial charge in [0.05, 0.1) is 45.0 Å². The van der Waals surface area contributed by atoms with Gasteiger partial charge in [-0.15, -0.1) is 0 Å². The molecule has 8 aromatic heterocycles. The summed E-state index contributed by atoms with van der Waals surface area (Å²) in [5.74, 6) is -12.7. The predicted molar refractivity (Wildman–Crippen MR) is 501 cm³/mol. The number of ether oxygens (including phenoxy) is 4. The molecule has 690 valence electrons. The van der Waals surface area contributed by atoms with Crippen LogP contribution < -0.4 is 41.9 Å². The summed E-state index contributed by atoms with van der Waals surface area (Å²) < 4.78 is 28.9. The lowest BCUT2D eigenvalue weighted by Gasteiger charge is -2.13. The molecule has 0 aliphatic heterocycles. The minimum absolute atomic E-state index is 0.0151. The van der Waals surface area contributed by atoms with Gasteiger partial charge in [-0.05, 0) is 120 Å². The molecule has 7 aromatic carbocycles. The first-order chi connectivity index (χ1) is 64.8. The number of aliphatic carboxylic acids is 4. The van der Waals surface area contributed by atoms with E-state index >= 15 is 0 Å². The molecule has 15 rings (SSSR count). The van der Waals surface area contributed by atoms with Gasteiger partial charge in [0, 0.05) is 78.8 Å². The average Bonchev–Trinajstić information content (AvgIpc) is 1.65. The van der Waals surface area contributed by atoms with Gasteiger partial charge >= 0.3 is 23.9 Å². The summed E-state index contributed by atoms with van der Waals surface area (Å²) in [6.07, 6.45) is 12.3. The second-order valence-corrected chi connectivity index (χ2v) is 31.4. The van der Waals surface area contributed by atoms with Crippen LogP contribution in [0.3, 0.4) is 0 Å². The minimum Gasteiger partial charge on any atom is -0.479 e. The molecule has 0 fully saturated rings. The standard InChI is InChI=1S/C28H27N3O5.C27H25N3O5.C26H23N3O5.C22H23N3O5/c1-3-21-22(14-20-12-8-7-11-19(20)13-18-9-5-4-6-10-18)31-15-17(2)30-28(36-16-23(32)33)25(31)24(21)26(34)27(29)35;1-3-20-21(13-17-8-7-11-19(12-17)18-9-5-4-6-10-18)30-14-16(2)29-27(35-15-22(31)32)24(30)23(20)25(33)26(28)34;1-2-18-20(13-16-9-5-3-6-10-16)29-14-19(17-11-7-4-8-12-17)28-26(34-15-21(30)31)23(29)22(18)24(32)25(27)33;1-3-7-15-16(10-14-8-5-4-6-9-14)25-11-13(2)24-22(30-12-17(26)27)19(25)18(15)20(28)21(23)29/h4-12,15H,3,13-14,16H2,1-2H3,(H2,29,35)(H,32,33);4-12,14H,3,13,15H2,1-2H3,(H2,28,34)(H,31,32);3-12,14H,2,13,15H2,1H3,(H2,27,33)(H,30,31);4-6,8-9,11H,3,7,10,12H2,1-2H3,(H2,23,29)(H,26,27). The molecule has 0 unspecified atom stereocenters. The molecule has 135 heavy (non-hydrogen) atoms. The summed E-state index contributed by atoms with van der Waals surface area (Å²) in [5, 5.41) is 36.5. The van der Waals surface area contributed by atoms with Crippen molar-refractivity contribution in [2.75, 3.05) is 26.4 Å². The smallest absolute Gasteiger partial charge is 0.341 e. The van der Waals surface area contributed by atoms with Crippen LogP contribution in [0.15, 0.2) is 225 Å². The Morgan fingerprint density at radius 2 is 0.578 bits per heavy atom. The van der Waals surface area contributed by atoms with Crippen molar-refractivity contribution < 1.29 is 96.9 Å². The number of Topliss-reactive ketones (excluding diaryl/α,β-unsaturated/α-hetero) is 4. The first kappa shape index (κ1) is 97.0. The number of benzene rings is 7. The number of rotatable bonds is 37. The van der Waals surface area contributed by atoms with Gasteiger partial charge in [-0.2, -0.15) is 0 Å². The Labute approximate surface area is 773 Å². The monoisotopic (exact) mass is 1820 g/mol. The minimum atomic E-state index is -1.19. The van der Waals surface area contributed by atoms with Crippen LogP contribution in [-0.2, 0) is 96.1 Å². The van der Waals surface area contributed by atoms with Gasteiger partial charge in [0.25, 0.3) is 46.8 Å². The number of amides is 4. The van der Waals surface area contributed by atoms with E-state index < -0.39 is 97.1 Å². The first-order valence-corrected chi connectivity index (χ1v) is 43.1. The highest BCUT2D eigenvalue weighted by Gasteiger charge is 2.35. The molecular formula is C103H98N12O20. The summed E-state index contributed by atoms with van der Waals surface area (Å²) in [5.41, 5.74) is 40.3. The van der Waals surface area contributed by atoms with E-state index in [0.717, 1.165) is 80.1 Å². The van der Waals surface area contributed by atoms with E-state index in [4.69, 9.17) is 57.2 Å². The third-order valence-corrected chi connectivity index (χ3v) is 22.1. The summed E-state index contributed by atoms with van der Waals surface area (Å²) in [6.45, 7) is 10.3. The van der Waals surface area contributed by atoms with Crippen LogP contribution in [0, 0.1) is 20.8 Å². The molecule has 8 heterocycles. The second-order valence-electron chi connectivity index (χ2n) is 31.4. The highest BCUT2D eigenvalue weighted by atomic mass is 16.5. The quantitative estimate of drug-likeness (QED) is 0.0132. The van der Waals surface area contributed by atoms with E-state index in [1.165, 1.54) is 5.56 Å². The van der Waals surface area contributed by atoms with Crippen LogP contribution in [-0.4, -0.2) is 155 Å². The molecule has 0 aliphatic rings. The van der Waals surface area contributed by atoms with E-state index in [1.807, 2.05) is 204 Å². The number of fused-ring (bicyclic) bond motifs is 4. The third-order valence-electron chi connectivity index (χ3n) is 22.1. The molecule has 0 saturated heterocycles. The number of carboxylic acid groups (broad SMARTS) is 4. The topological polar surface area (TPSA) is 496 Å². The molecule has 0 spiro atoms. The van der Waals surface area contributed by atoms with Crippen molar-refractivity contribution in [3.05, 3.63) is 343 Å². The van der Waals surface area contributed by atoms with Crippen LogP contribution in [0.4, 0.5) is 0 Å². The van der Waals surface area contributed by atoms with E-state index in [9.17, 15) is 62.6 Å². The number of aromatic nitrogens is 8. The molecule has 15 aromatic rings. The van der Waals surface area contributed by atoms with Gasteiger partial charge in [-0.25, -0.2) is 39.1 Å². The number of hydrogen-bond donors (Lipinski definition) is 8. The summed E-state index contributed by atoms with van der Waals surface area (Å²) in [7, 11) is 0. The van der Waals surface area contributed by atoms with E-state index in [2.05, 4.69) is 44.2 Å². The van der Waals surface area contributed by atoms with Crippen molar-refractivity contribution in [3.8, 4) is 45.9 Å². The van der Waals surface area contributed by atoms with Crippen molar-refractivity contribution in [3.63, 3.8) is 0 Å². The van der Waals surface area contributed by atoms with Crippen molar-refractivity contribution in [2.24, 2.45) is 22.9 Å². The number of carbonyl (C=O) groups is 12. The number of carboxylic acids is 4. The maximum atomic E-state index is 13.0. The van der Waals surface area contributed by atoms with Gasteiger partial charge in [-0.3, -0.25) is 38.4 Å². The van der Waals surface area contributed by atoms with Crippen molar-refractivity contribution in [1.82, 2.24) is 37.5 Å². The number of primary amides is 4. The van der Waals surface area contributed by atoms with E-state index in [1.54, 1.807) is 63.2 Å². The zero-order valence-electron chi connectivity index (χ0n) is 75.0. The molecule has 0 atom stereocenters. The second kappa shape index (κ2) is 44.0. The number of aryl methyl sites for hydroxylation is 3. The van der Waals surface area contributed by atoms with Crippen LogP contribution in [0.5, 0.6) is 23.5 Å². The van der Waals surface area contributed by atoms with Gasteiger partial charge in [0.1, 0.15) is 22.1 Å². The van der Waals surface area contributed by atoms with Crippen LogP contribution >= 0.6 is 0 Å². The maximum Gasteiger partial charge on any atom is 0.341 e. The van der Waals surface area contributed by atoms with Crippen molar-refractivity contribution in [2.45, 2.75) is 113 Å². The fourth-order valence-electron chi connectivity index (χ4n) is 16.5. The molecular weight excluding hydrogens is 1730 g/mol. The number of carbonyl (C=O) groups excluding carboxylic acids is 8. The Balaban J connectivity index is 0.000000162. The normalized spacial score (nSPS) is 10.9. The molecule has 4 amide bonds. The Morgan fingerprint density at radius 1 is 0.304 bits per heavy atom. The molecule has 0 radical (unpaired) electrons. The molecule has 32 nitrogen and oxygen atoms in total. The average molecular weight is 1820 g/mol. The number of nitrogens with two attached hydrogens (primary N) is 4. The van der Waals surface area contributed by atoms with Gasteiger partial charge in [0.15, 0.2) is 26.4 Å². The van der Waals surface area contributed by atoms with Gasteiger partial charge in [0.2, 0.25) is 23.5 Å². The Hall–Kier alpha value is -17.1. The Morgan fingerprint density at radius 3 is 0.919 bits per heavy atom. The SMILES string of the molecule is CCCc1c(C(=O)C(N)=O)c2c(OCC(=O)O)nc(C)cn2c1Cc1ccccc1.CCc1c(C(=O)C(N)=O)c2c(OCC(=O)O)nc(-c3ccccc3)cn2c1Cc1ccccc1.CCc1c(C(=O)C(N)=O)c2c(OCC(=O)O)nc(C)cn2c1Cc1cccc(-c2ccccc2)c1.CCc1c(C(=O)C(N)=O)c2c(OCC(=O)O)nc(C)cn2c1Cc1ccccc1Cc1ccccc1. The van der Waals surface area contributed by atoms with Gasteiger partial charge in [-0.1, -0.05) is 234 Å². The molecule has 0 aliphatic carbocycles. The van der Waals surface area contributed by atoms with Crippen molar-refractivity contribution in [1.29, 1.82) is 0 Å². The van der Waals surface area contributed by atoms with E-state index in [-0.39, 0.29) is 67.8 Å². The van der Waals surface area contributed by atoms with Crippen molar-refractivity contribution >= 4 is 92.7 Å². The van der Waals surface area contributed by atoms with Crippen LogP contribution in [0.25, 0.3) is 44.5 Å². The van der Waals surface area contributed by atoms with Crippen LogP contribution in [0.1, 0.15) is 171 Å². The summed E-state index contributed by atoms with van der Waals surface area (Å²) in [4.78, 5) is 161. The molecule has 32 heteroatoms. The van der Waals surface area contributed by atoms with Gasteiger partial charge < -0.3 is 79.9 Å². The highest BCUT2D eigenvalue weighted by molar-refractivity contribution is 6.46. The Bertz CT molecular complexity index is 7070. The number of hydrogen-bond acceptors (Lipinski definition) is 20. The maximum absolute atomic E-state index is 13.0. The lowest BCUT2D eigenvalue weighted by molar-refractivity contribution is -0.140. The highest BCUT2D eigenvalue weighted by Crippen LogP contribution is 2.40. The summed E-state index contributed by atoms with van der Waals surface area (Å²) in [6, 6.07) is 65.0. The fraction of sp³-hybridized carbons (Fsp3) is 0.204. The van der Waals surface area contributed by atoms with E-state index in [0.29, 0.717) is 96.4 Å². The molecule has 0 saturated carbocycles. The summed E-state index contributed by atoms with van der Waals surface area (Å²) >= 11 is 0. The first-order valence-electron chi connectivity index (χ1n) is 43.1. The zero-order valence-corrected chi connectivity index (χ0v) is 75.0. The zero-order chi connectivity index (χ0) is 97.0.